The average Bonchev–Trinajstić information content (AvgIpc) is 3.09. The van der Waals surface area contributed by atoms with E-state index in [2.05, 4.69) is 27.9 Å². The van der Waals surface area contributed by atoms with Gasteiger partial charge >= 0.3 is 0 Å². The van der Waals surface area contributed by atoms with E-state index in [1.54, 1.807) is 30.6 Å². The van der Waals surface area contributed by atoms with Crippen molar-refractivity contribution in [3.63, 3.8) is 0 Å². The molecule has 1 N–H and O–H groups in total. The maximum atomic E-state index is 13.0. The molecule has 4 aromatic rings. The highest BCUT2D eigenvalue weighted by molar-refractivity contribution is 7.92. The lowest BCUT2D eigenvalue weighted by molar-refractivity contribution is 0.601. The Labute approximate surface area is 171 Å². The predicted molar refractivity (Wildman–Crippen MR) is 117 cm³/mol. The second-order valence-electron chi connectivity index (χ2n) is 7.34. The van der Waals surface area contributed by atoms with E-state index in [0.717, 1.165) is 27.8 Å². The molecule has 0 aliphatic rings. The normalized spacial score (nSPS) is 11.7. The highest BCUT2D eigenvalue weighted by Crippen LogP contribution is 2.31. The third-order valence-corrected chi connectivity index (χ3v) is 6.56. The van der Waals surface area contributed by atoms with Crippen LogP contribution in [0.4, 0.5) is 5.69 Å². The molecule has 0 saturated carbocycles. The Morgan fingerprint density at radius 3 is 2.34 bits per heavy atom. The van der Waals surface area contributed by atoms with E-state index in [9.17, 15) is 8.42 Å². The van der Waals surface area contributed by atoms with Crippen LogP contribution in [0, 0.1) is 20.8 Å². The van der Waals surface area contributed by atoms with Gasteiger partial charge in [0.1, 0.15) is 5.52 Å². The van der Waals surface area contributed by atoms with Crippen LogP contribution in [-0.4, -0.2) is 18.0 Å². The van der Waals surface area contributed by atoms with Gasteiger partial charge in [0.15, 0.2) is 0 Å². The molecule has 0 amide bonds. The van der Waals surface area contributed by atoms with Gasteiger partial charge in [-0.05, 0) is 55.7 Å². The van der Waals surface area contributed by atoms with Crippen molar-refractivity contribution in [1.29, 1.82) is 0 Å². The number of nitrogens with one attached hydrogen (secondary N) is 1. The number of anilines is 1. The van der Waals surface area contributed by atoms with Gasteiger partial charge in [-0.15, -0.1) is 0 Å². The number of sulfonamides is 1. The Hall–Kier alpha value is -3.12. The van der Waals surface area contributed by atoms with Crippen molar-refractivity contribution >= 4 is 26.7 Å². The van der Waals surface area contributed by atoms with Crippen LogP contribution in [0.15, 0.2) is 71.9 Å². The first-order valence-electron chi connectivity index (χ1n) is 9.43. The zero-order chi connectivity index (χ0) is 20.6. The number of hydrogen-bond acceptors (Lipinski definition) is 3. The fourth-order valence-corrected chi connectivity index (χ4v) is 4.50. The van der Waals surface area contributed by atoms with Crippen molar-refractivity contribution < 1.29 is 8.42 Å². The van der Waals surface area contributed by atoms with Gasteiger partial charge in [-0.25, -0.2) is 13.4 Å². The molecule has 0 aliphatic heterocycles. The molecule has 6 heteroatoms. The first-order chi connectivity index (χ1) is 13.8. The fraction of sp³-hybridized carbons (Fsp3) is 0.174. The maximum absolute atomic E-state index is 13.0. The molecule has 1 heterocycles. The summed E-state index contributed by atoms with van der Waals surface area (Å²) in [6.45, 7) is 6.50. The second kappa shape index (κ2) is 7.37. The minimum absolute atomic E-state index is 0.237. The molecule has 29 heavy (non-hydrogen) atoms. The van der Waals surface area contributed by atoms with Gasteiger partial charge in [0.05, 0.1) is 22.4 Å². The summed E-state index contributed by atoms with van der Waals surface area (Å²) in [6, 6.07) is 19.0. The molecule has 0 atom stereocenters. The minimum Gasteiger partial charge on any atom is -0.326 e. The highest BCUT2D eigenvalue weighted by atomic mass is 32.2. The van der Waals surface area contributed by atoms with Crippen molar-refractivity contribution in [3.8, 4) is 0 Å². The summed E-state index contributed by atoms with van der Waals surface area (Å²) >= 11 is 0. The van der Waals surface area contributed by atoms with Crippen LogP contribution >= 0.6 is 0 Å². The molecule has 0 radical (unpaired) electrons. The number of rotatable bonds is 5. The Balaban J connectivity index is 1.78. The number of imidazole rings is 1. The van der Waals surface area contributed by atoms with Crippen molar-refractivity contribution in [2.75, 3.05) is 4.72 Å². The Morgan fingerprint density at radius 1 is 0.966 bits per heavy atom. The summed E-state index contributed by atoms with van der Waals surface area (Å²) in [5, 5.41) is 0. The lowest BCUT2D eigenvalue weighted by Gasteiger charge is -2.14. The number of aryl methyl sites for hydroxylation is 2. The van der Waals surface area contributed by atoms with E-state index in [1.807, 2.05) is 43.5 Å². The van der Waals surface area contributed by atoms with Crippen molar-refractivity contribution in [2.24, 2.45) is 0 Å². The number of nitrogens with zero attached hydrogens (tertiary/aromatic N) is 2. The second-order valence-corrected chi connectivity index (χ2v) is 9.02. The first-order valence-corrected chi connectivity index (χ1v) is 10.9. The summed E-state index contributed by atoms with van der Waals surface area (Å²) in [7, 11) is -3.71. The molecule has 148 valence electrons. The molecule has 0 spiro atoms. The fourth-order valence-electron chi connectivity index (χ4n) is 3.37. The smallest absolute Gasteiger partial charge is 0.261 e. The molecular formula is C23H23N3O2S. The van der Waals surface area contributed by atoms with Crippen molar-refractivity contribution in [3.05, 3.63) is 89.2 Å². The van der Waals surface area contributed by atoms with Gasteiger partial charge in [-0.2, -0.15) is 0 Å². The van der Waals surface area contributed by atoms with E-state index >= 15 is 0 Å². The quantitative estimate of drug-likeness (QED) is 0.518. The largest absolute Gasteiger partial charge is 0.326 e. The van der Waals surface area contributed by atoms with E-state index in [0.29, 0.717) is 17.7 Å². The zero-order valence-corrected chi connectivity index (χ0v) is 17.5. The molecule has 0 bridgehead atoms. The van der Waals surface area contributed by atoms with Crippen LogP contribution in [0.25, 0.3) is 11.0 Å². The SMILES string of the molecule is Cc1ccc(S(=O)(=O)Nc2c(C)c(C)cc3c2ncn3Cc2ccccc2)cc1. The molecule has 0 aliphatic carbocycles. The van der Waals surface area contributed by atoms with Gasteiger partial charge in [0.25, 0.3) is 10.0 Å². The van der Waals surface area contributed by atoms with Crippen LogP contribution in [0.3, 0.4) is 0 Å². The lowest BCUT2D eigenvalue weighted by atomic mass is 10.1. The number of hydrogen-bond donors (Lipinski definition) is 1. The average molecular weight is 406 g/mol. The standard InChI is InChI=1S/C23H23N3O2S/c1-16-9-11-20(12-10-16)29(27,28)25-22-18(3)17(2)13-21-23(22)24-15-26(21)14-19-7-5-4-6-8-19/h4-13,15,25H,14H2,1-3H3. The third-order valence-electron chi connectivity index (χ3n) is 5.20. The summed E-state index contributed by atoms with van der Waals surface area (Å²) in [5.41, 5.74) is 6.14. The Morgan fingerprint density at radius 2 is 1.66 bits per heavy atom. The Bertz CT molecular complexity index is 1280. The van der Waals surface area contributed by atoms with Gasteiger partial charge in [-0.3, -0.25) is 4.72 Å². The molecule has 3 aromatic carbocycles. The van der Waals surface area contributed by atoms with Gasteiger partial charge in [0.2, 0.25) is 0 Å². The van der Waals surface area contributed by atoms with E-state index < -0.39 is 10.0 Å². The van der Waals surface area contributed by atoms with Crippen LogP contribution < -0.4 is 4.72 Å². The number of benzene rings is 3. The van der Waals surface area contributed by atoms with E-state index in [4.69, 9.17) is 0 Å². The highest BCUT2D eigenvalue weighted by Gasteiger charge is 2.20. The summed E-state index contributed by atoms with van der Waals surface area (Å²) in [4.78, 5) is 4.78. The van der Waals surface area contributed by atoms with E-state index in [1.165, 1.54) is 0 Å². The third kappa shape index (κ3) is 3.76. The van der Waals surface area contributed by atoms with Crippen molar-refractivity contribution in [1.82, 2.24) is 9.55 Å². The molecule has 0 unspecified atom stereocenters. The molecular weight excluding hydrogens is 382 g/mol. The summed E-state index contributed by atoms with van der Waals surface area (Å²) in [5.74, 6) is 0. The Kier molecular flexibility index (Phi) is 4.88. The van der Waals surface area contributed by atoms with Gasteiger partial charge < -0.3 is 4.57 Å². The maximum Gasteiger partial charge on any atom is 0.261 e. The van der Waals surface area contributed by atoms with Crippen LogP contribution in [0.2, 0.25) is 0 Å². The molecule has 0 saturated heterocycles. The molecule has 0 fully saturated rings. The molecule has 1 aromatic heterocycles. The lowest BCUT2D eigenvalue weighted by Crippen LogP contribution is -2.14. The first kappa shape index (κ1) is 19.2. The van der Waals surface area contributed by atoms with Crippen LogP contribution in [0.1, 0.15) is 22.3 Å². The molecule has 5 nitrogen and oxygen atoms in total. The van der Waals surface area contributed by atoms with E-state index in [-0.39, 0.29) is 4.90 Å². The zero-order valence-electron chi connectivity index (χ0n) is 16.7. The molecule has 4 rings (SSSR count). The summed E-state index contributed by atoms with van der Waals surface area (Å²) in [6.07, 6.45) is 1.76. The van der Waals surface area contributed by atoms with Crippen LogP contribution in [-0.2, 0) is 16.6 Å². The summed E-state index contributed by atoms with van der Waals surface area (Å²) < 4.78 is 30.8. The van der Waals surface area contributed by atoms with Crippen molar-refractivity contribution in [2.45, 2.75) is 32.2 Å². The number of fused-ring (bicyclic) bond motifs is 1. The van der Waals surface area contributed by atoms with Gasteiger partial charge in [-0.1, -0.05) is 48.0 Å². The predicted octanol–water partition coefficient (Wildman–Crippen LogP) is 4.81. The van der Waals surface area contributed by atoms with Gasteiger partial charge in [0, 0.05) is 6.54 Å². The number of aromatic nitrogens is 2. The topological polar surface area (TPSA) is 64.0 Å². The minimum atomic E-state index is -3.71. The van der Waals surface area contributed by atoms with Crippen LogP contribution in [0.5, 0.6) is 0 Å². The monoisotopic (exact) mass is 405 g/mol.